The molecule has 1 atom stereocenters. The summed E-state index contributed by atoms with van der Waals surface area (Å²) in [7, 11) is 1.65. The highest BCUT2D eigenvalue weighted by Crippen LogP contribution is 2.22. The van der Waals surface area contributed by atoms with Gasteiger partial charge in [0.25, 0.3) is 0 Å². The van der Waals surface area contributed by atoms with Crippen molar-refractivity contribution in [1.82, 2.24) is 15.2 Å². The summed E-state index contributed by atoms with van der Waals surface area (Å²) < 4.78 is 0. The molecule has 1 amide bonds. The van der Waals surface area contributed by atoms with Crippen molar-refractivity contribution in [2.45, 2.75) is 12.6 Å². The van der Waals surface area contributed by atoms with Crippen molar-refractivity contribution < 1.29 is 4.79 Å². The predicted octanol–water partition coefficient (Wildman–Crippen LogP) is 2.56. The summed E-state index contributed by atoms with van der Waals surface area (Å²) in [5.74, 6) is -0.0502. The number of hydrogen-bond donors (Lipinski definition) is 1. The zero-order chi connectivity index (χ0) is 15.8. The lowest BCUT2D eigenvalue weighted by atomic mass is 10.1. The maximum atomic E-state index is 12.4. The molecule has 0 saturated heterocycles. The third-order valence-corrected chi connectivity index (χ3v) is 3.45. The van der Waals surface area contributed by atoms with Gasteiger partial charge in [-0.2, -0.15) is 0 Å². The van der Waals surface area contributed by atoms with Crippen LogP contribution >= 0.6 is 0 Å². The van der Waals surface area contributed by atoms with Gasteiger partial charge in [0.1, 0.15) is 6.04 Å². The highest BCUT2D eigenvalue weighted by molar-refractivity contribution is 5.82. The summed E-state index contributed by atoms with van der Waals surface area (Å²) in [6, 6.07) is 13.5. The van der Waals surface area contributed by atoms with E-state index in [0.717, 1.165) is 11.1 Å². The summed E-state index contributed by atoms with van der Waals surface area (Å²) in [4.78, 5) is 18.6. The normalized spacial score (nSPS) is 11.9. The molecule has 114 valence electrons. The van der Waals surface area contributed by atoms with Gasteiger partial charge in [0, 0.05) is 32.5 Å². The van der Waals surface area contributed by atoms with Crippen molar-refractivity contribution in [3.8, 4) is 0 Å². The Morgan fingerprint density at radius 3 is 2.68 bits per heavy atom. The van der Waals surface area contributed by atoms with Crippen molar-refractivity contribution in [1.29, 1.82) is 0 Å². The zero-order valence-electron chi connectivity index (χ0n) is 12.8. The minimum Gasteiger partial charge on any atom is -0.358 e. The number of amides is 1. The molecule has 1 aromatic heterocycles. The molecule has 4 nitrogen and oxygen atoms in total. The second-order valence-electron chi connectivity index (χ2n) is 5.01. The van der Waals surface area contributed by atoms with E-state index in [1.165, 1.54) is 0 Å². The van der Waals surface area contributed by atoms with Gasteiger partial charge in [0.05, 0.1) is 0 Å². The van der Waals surface area contributed by atoms with E-state index in [0.29, 0.717) is 13.1 Å². The number of likely N-dealkylation sites (N-methyl/N-ethyl adjacent to an activating group) is 1. The Hall–Kier alpha value is -2.46. The maximum absolute atomic E-state index is 12.4. The lowest BCUT2D eigenvalue weighted by molar-refractivity contribution is -0.126. The van der Waals surface area contributed by atoms with Gasteiger partial charge in [-0.15, -0.1) is 6.58 Å². The minimum absolute atomic E-state index is 0.0502. The molecule has 1 aromatic carbocycles. The van der Waals surface area contributed by atoms with Crippen molar-refractivity contribution in [2.75, 3.05) is 13.6 Å². The van der Waals surface area contributed by atoms with Crippen molar-refractivity contribution in [3.05, 3.63) is 78.6 Å². The monoisotopic (exact) mass is 295 g/mol. The molecule has 0 radical (unpaired) electrons. The van der Waals surface area contributed by atoms with Crippen LogP contribution in [0.4, 0.5) is 0 Å². The highest BCUT2D eigenvalue weighted by Gasteiger charge is 2.26. The Balaban J connectivity index is 2.32. The van der Waals surface area contributed by atoms with Crippen molar-refractivity contribution in [2.24, 2.45) is 0 Å². The van der Waals surface area contributed by atoms with Gasteiger partial charge < -0.3 is 5.32 Å². The molecule has 0 aliphatic heterocycles. The third-order valence-electron chi connectivity index (χ3n) is 3.45. The predicted molar refractivity (Wildman–Crippen MR) is 88.1 cm³/mol. The summed E-state index contributed by atoms with van der Waals surface area (Å²) >= 11 is 0. The van der Waals surface area contributed by atoms with Gasteiger partial charge in [-0.25, -0.2) is 0 Å². The summed E-state index contributed by atoms with van der Waals surface area (Å²) in [5.41, 5.74) is 2.03. The Morgan fingerprint density at radius 1 is 1.32 bits per heavy atom. The largest absolute Gasteiger partial charge is 0.358 e. The molecule has 1 N–H and O–H groups in total. The standard InChI is InChI=1S/C18H21N3O/c1-3-12-21(14-15-8-5-4-6-9-15)17(18(22)19-2)16-10-7-11-20-13-16/h3-11,13,17H,1,12,14H2,2H3,(H,19,22). The highest BCUT2D eigenvalue weighted by atomic mass is 16.2. The Labute approximate surface area is 131 Å². The van der Waals surface area contributed by atoms with Crippen LogP contribution in [0.1, 0.15) is 17.2 Å². The Morgan fingerprint density at radius 2 is 2.09 bits per heavy atom. The lowest BCUT2D eigenvalue weighted by Gasteiger charge is -2.29. The second-order valence-corrected chi connectivity index (χ2v) is 5.01. The van der Waals surface area contributed by atoms with E-state index in [9.17, 15) is 4.79 Å². The first kappa shape index (κ1) is 15.9. The summed E-state index contributed by atoms with van der Waals surface area (Å²) in [5, 5.41) is 2.75. The van der Waals surface area contributed by atoms with Crippen LogP contribution < -0.4 is 5.32 Å². The Kier molecular flexibility index (Phi) is 5.86. The molecule has 4 heteroatoms. The van der Waals surface area contributed by atoms with Gasteiger partial charge in [-0.05, 0) is 17.2 Å². The SMILES string of the molecule is C=CCN(Cc1ccccc1)C(C(=O)NC)c1cccnc1. The van der Waals surface area contributed by atoms with E-state index in [-0.39, 0.29) is 5.91 Å². The molecular formula is C18H21N3O. The van der Waals surface area contributed by atoms with Crippen LogP contribution in [0.5, 0.6) is 0 Å². The van der Waals surface area contributed by atoms with Crippen LogP contribution in [0.2, 0.25) is 0 Å². The van der Waals surface area contributed by atoms with Crippen LogP contribution in [0.3, 0.4) is 0 Å². The molecule has 2 rings (SSSR count). The van der Waals surface area contributed by atoms with Crippen LogP contribution in [0, 0.1) is 0 Å². The fourth-order valence-corrected chi connectivity index (χ4v) is 2.45. The lowest BCUT2D eigenvalue weighted by Crippen LogP contribution is -2.39. The van der Waals surface area contributed by atoms with E-state index < -0.39 is 6.04 Å². The first-order valence-corrected chi connectivity index (χ1v) is 7.26. The number of hydrogen-bond acceptors (Lipinski definition) is 3. The minimum atomic E-state index is -0.392. The molecule has 1 unspecified atom stereocenters. The quantitative estimate of drug-likeness (QED) is 0.799. The van der Waals surface area contributed by atoms with Crippen molar-refractivity contribution in [3.63, 3.8) is 0 Å². The van der Waals surface area contributed by atoms with Crippen LogP contribution in [-0.4, -0.2) is 29.4 Å². The van der Waals surface area contributed by atoms with Crippen LogP contribution in [-0.2, 0) is 11.3 Å². The number of rotatable bonds is 7. The van der Waals surface area contributed by atoms with Crippen molar-refractivity contribution >= 4 is 5.91 Å². The van der Waals surface area contributed by atoms with Gasteiger partial charge in [-0.3, -0.25) is 14.7 Å². The first-order chi connectivity index (χ1) is 10.8. The summed E-state index contributed by atoms with van der Waals surface area (Å²) in [6.45, 7) is 5.09. The number of carbonyl (C=O) groups is 1. The topological polar surface area (TPSA) is 45.2 Å². The molecular weight excluding hydrogens is 274 g/mol. The fraction of sp³-hybridized carbons (Fsp3) is 0.222. The second kappa shape index (κ2) is 8.10. The molecule has 1 heterocycles. The van der Waals surface area contributed by atoms with E-state index in [1.807, 2.05) is 36.4 Å². The average molecular weight is 295 g/mol. The van der Waals surface area contributed by atoms with Gasteiger partial charge in [0.15, 0.2) is 0 Å². The van der Waals surface area contributed by atoms with Gasteiger partial charge in [-0.1, -0.05) is 42.5 Å². The molecule has 0 fully saturated rings. The molecule has 0 aliphatic carbocycles. The number of aromatic nitrogens is 1. The van der Waals surface area contributed by atoms with Gasteiger partial charge >= 0.3 is 0 Å². The van der Waals surface area contributed by atoms with E-state index >= 15 is 0 Å². The van der Waals surface area contributed by atoms with Gasteiger partial charge in [0.2, 0.25) is 5.91 Å². The zero-order valence-corrected chi connectivity index (χ0v) is 12.8. The number of pyridine rings is 1. The van der Waals surface area contributed by atoms with E-state index in [2.05, 4.69) is 33.9 Å². The summed E-state index contributed by atoms with van der Waals surface area (Å²) in [6.07, 6.45) is 5.26. The molecule has 22 heavy (non-hydrogen) atoms. The maximum Gasteiger partial charge on any atom is 0.241 e. The smallest absolute Gasteiger partial charge is 0.241 e. The molecule has 0 bridgehead atoms. The Bertz CT molecular complexity index is 598. The number of carbonyl (C=O) groups excluding carboxylic acids is 1. The molecule has 0 saturated carbocycles. The molecule has 2 aromatic rings. The molecule has 0 aliphatic rings. The van der Waals surface area contributed by atoms with Crippen LogP contribution in [0.15, 0.2) is 67.5 Å². The number of nitrogens with one attached hydrogen (secondary N) is 1. The fourth-order valence-electron chi connectivity index (χ4n) is 2.45. The number of nitrogens with zero attached hydrogens (tertiary/aromatic N) is 2. The average Bonchev–Trinajstić information content (AvgIpc) is 2.57. The molecule has 0 spiro atoms. The number of benzene rings is 1. The van der Waals surface area contributed by atoms with E-state index in [4.69, 9.17) is 0 Å². The van der Waals surface area contributed by atoms with E-state index in [1.54, 1.807) is 19.4 Å². The van der Waals surface area contributed by atoms with Crippen LogP contribution in [0.25, 0.3) is 0 Å². The first-order valence-electron chi connectivity index (χ1n) is 7.26. The third kappa shape index (κ3) is 4.02.